The number of nitrogens with zero attached hydrogens (tertiary/aromatic N) is 2. The minimum atomic E-state index is -0.287. The van der Waals surface area contributed by atoms with Gasteiger partial charge in [0.15, 0.2) is 0 Å². The van der Waals surface area contributed by atoms with Crippen LogP contribution in [0, 0.1) is 13.8 Å². The van der Waals surface area contributed by atoms with Gasteiger partial charge in [0.05, 0.1) is 12.4 Å². The number of nitrogens with one attached hydrogen (secondary N) is 2. The summed E-state index contributed by atoms with van der Waals surface area (Å²) in [5.74, 6) is 0.313. The molecule has 1 amide bonds. The highest BCUT2D eigenvalue weighted by Crippen LogP contribution is 2.15. The smallest absolute Gasteiger partial charge is 0.275 e. The number of amides is 1. The van der Waals surface area contributed by atoms with Crippen molar-refractivity contribution in [3.05, 3.63) is 82.3 Å². The molecule has 0 saturated heterocycles. The Morgan fingerprint density at radius 2 is 1.77 bits per heavy atom. The summed E-state index contributed by atoms with van der Waals surface area (Å²) >= 11 is 5.87. The maximum Gasteiger partial charge on any atom is 0.275 e. The van der Waals surface area contributed by atoms with Crippen molar-refractivity contribution in [3.63, 3.8) is 0 Å². The summed E-state index contributed by atoms with van der Waals surface area (Å²) in [6, 6.07) is 13.3. The summed E-state index contributed by atoms with van der Waals surface area (Å²) in [6.45, 7) is 4.63. The van der Waals surface area contributed by atoms with E-state index < -0.39 is 0 Å². The topological polar surface area (TPSA) is 66.9 Å². The molecule has 0 radical (unpaired) electrons. The number of anilines is 2. The molecule has 2 N–H and O–H groups in total. The van der Waals surface area contributed by atoms with E-state index >= 15 is 0 Å². The minimum absolute atomic E-state index is 0.264. The molecule has 132 valence electrons. The molecule has 1 heterocycles. The first-order chi connectivity index (χ1) is 12.5. The molecular weight excluding hydrogens is 348 g/mol. The number of hydrogen-bond donors (Lipinski definition) is 2. The van der Waals surface area contributed by atoms with Crippen molar-refractivity contribution < 1.29 is 4.79 Å². The van der Waals surface area contributed by atoms with Crippen molar-refractivity contribution in [3.8, 4) is 0 Å². The van der Waals surface area contributed by atoms with Gasteiger partial charge >= 0.3 is 0 Å². The quantitative estimate of drug-likeness (QED) is 0.691. The predicted molar refractivity (Wildman–Crippen MR) is 105 cm³/mol. The van der Waals surface area contributed by atoms with Crippen LogP contribution in [-0.4, -0.2) is 15.9 Å². The van der Waals surface area contributed by atoms with E-state index in [1.54, 1.807) is 6.20 Å². The second kappa shape index (κ2) is 7.97. The standard InChI is InChI=1S/C20H19ClN4O/c1-13-3-8-17(9-14(13)2)25-20(26)18-11-24-19(12-22-18)23-10-15-4-6-16(21)7-5-15/h3-9,11-12H,10H2,1-2H3,(H,23,24)(H,25,26). The van der Waals surface area contributed by atoms with Gasteiger partial charge in [0.25, 0.3) is 5.91 Å². The van der Waals surface area contributed by atoms with Crippen LogP contribution in [-0.2, 0) is 6.54 Å². The molecule has 2 aromatic carbocycles. The number of aryl methyl sites for hydroxylation is 2. The molecule has 0 bridgehead atoms. The van der Waals surface area contributed by atoms with Crippen LogP contribution in [0.1, 0.15) is 27.2 Å². The normalized spacial score (nSPS) is 10.4. The van der Waals surface area contributed by atoms with E-state index in [1.165, 1.54) is 11.8 Å². The lowest BCUT2D eigenvalue weighted by atomic mass is 10.1. The van der Waals surface area contributed by atoms with E-state index in [9.17, 15) is 4.79 Å². The number of carbonyl (C=O) groups is 1. The van der Waals surface area contributed by atoms with E-state index in [4.69, 9.17) is 11.6 Å². The zero-order chi connectivity index (χ0) is 18.5. The average Bonchev–Trinajstić information content (AvgIpc) is 2.65. The van der Waals surface area contributed by atoms with E-state index in [1.807, 2.05) is 56.3 Å². The van der Waals surface area contributed by atoms with Crippen LogP contribution in [0.5, 0.6) is 0 Å². The summed E-state index contributed by atoms with van der Waals surface area (Å²) in [4.78, 5) is 20.7. The maximum absolute atomic E-state index is 12.3. The van der Waals surface area contributed by atoms with Crippen molar-refractivity contribution in [2.24, 2.45) is 0 Å². The summed E-state index contributed by atoms with van der Waals surface area (Å²) < 4.78 is 0. The van der Waals surface area contributed by atoms with Gasteiger partial charge in [-0.05, 0) is 54.8 Å². The molecule has 0 atom stereocenters. The molecule has 3 rings (SSSR count). The predicted octanol–water partition coefficient (Wildman–Crippen LogP) is 4.61. The third-order valence-corrected chi connectivity index (χ3v) is 4.29. The molecule has 0 saturated carbocycles. The van der Waals surface area contributed by atoms with Crippen LogP contribution < -0.4 is 10.6 Å². The van der Waals surface area contributed by atoms with E-state index in [0.717, 1.165) is 16.8 Å². The fraction of sp³-hybridized carbons (Fsp3) is 0.150. The van der Waals surface area contributed by atoms with Crippen LogP contribution in [0.4, 0.5) is 11.5 Å². The van der Waals surface area contributed by atoms with Gasteiger partial charge in [-0.1, -0.05) is 29.8 Å². The highest BCUT2D eigenvalue weighted by molar-refractivity contribution is 6.30. The van der Waals surface area contributed by atoms with Crippen molar-refractivity contribution in [1.29, 1.82) is 0 Å². The molecule has 0 aliphatic heterocycles. The monoisotopic (exact) mass is 366 g/mol. The van der Waals surface area contributed by atoms with Gasteiger partial charge < -0.3 is 10.6 Å². The second-order valence-corrected chi connectivity index (χ2v) is 6.46. The number of rotatable bonds is 5. The summed E-state index contributed by atoms with van der Waals surface area (Å²) in [7, 11) is 0. The SMILES string of the molecule is Cc1ccc(NC(=O)c2cnc(NCc3ccc(Cl)cc3)cn2)cc1C. The van der Waals surface area contributed by atoms with Gasteiger partial charge in [-0.15, -0.1) is 0 Å². The highest BCUT2D eigenvalue weighted by atomic mass is 35.5. The van der Waals surface area contributed by atoms with Crippen LogP contribution in [0.15, 0.2) is 54.9 Å². The van der Waals surface area contributed by atoms with Crippen molar-refractivity contribution >= 4 is 29.0 Å². The van der Waals surface area contributed by atoms with Crippen LogP contribution in [0.25, 0.3) is 0 Å². The Morgan fingerprint density at radius 3 is 2.42 bits per heavy atom. The lowest BCUT2D eigenvalue weighted by molar-refractivity contribution is 0.102. The van der Waals surface area contributed by atoms with Crippen molar-refractivity contribution in [2.45, 2.75) is 20.4 Å². The summed E-state index contributed by atoms with van der Waals surface area (Å²) in [5, 5.41) is 6.70. The van der Waals surface area contributed by atoms with Gasteiger partial charge in [-0.25, -0.2) is 9.97 Å². The van der Waals surface area contributed by atoms with E-state index in [0.29, 0.717) is 17.4 Å². The molecule has 5 nitrogen and oxygen atoms in total. The zero-order valence-electron chi connectivity index (χ0n) is 14.6. The largest absolute Gasteiger partial charge is 0.365 e. The Balaban J connectivity index is 1.60. The molecular formula is C20H19ClN4O. The molecule has 0 aliphatic carbocycles. The first-order valence-electron chi connectivity index (χ1n) is 8.20. The molecule has 3 aromatic rings. The number of aromatic nitrogens is 2. The van der Waals surface area contributed by atoms with E-state index in [-0.39, 0.29) is 11.6 Å². The average molecular weight is 367 g/mol. The minimum Gasteiger partial charge on any atom is -0.365 e. The molecule has 0 fully saturated rings. The molecule has 0 spiro atoms. The molecule has 0 aliphatic rings. The second-order valence-electron chi connectivity index (χ2n) is 6.02. The van der Waals surface area contributed by atoms with Gasteiger partial charge in [0, 0.05) is 17.3 Å². The molecule has 0 unspecified atom stereocenters. The Hall–Kier alpha value is -2.92. The highest BCUT2D eigenvalue weighted by Gasteiger charge is 2.09. The Bertz CT molecular complexity index is 908. The van der Waals surface area contributed by atoms with Crippen LogP contribution in [0.2, 0.25) is 5.02 Å². The van der Waals surface area contributed by atoms with Gasteiger partial charge in [-0.3, -0.25) is 4.79 Å². The van der Waals surface area contributed by atoms with Gasteiger partial charge in [-0.2, -0.15) is 0 Å². The van der Waals surface area contributed by atoms with E-state index in [2.05, 4.69) is 20.6 Å². The molecule has 26 heavy (non-hydrogen) atoms. The Kier molecular flexibility index (Phi) is 5.49. The maximum atomic E-state index is 12.3. The van der Waals surface area contributed by atoms with Crippen molar-refractivity contribution in [1.82, 2.24) is 9.97 Å². The van der Waals surface area contributed by atoms with Crippen LogP contribution >= 0.6 is 11.6 Å². The van der Waals surface area contributed by atoms with Gasteiger partial charge in [0.2, 0.25) is 0 Å². The number of benzene rings is 2. The third kappa shape index (κ3) is 4.58. The molecule has 1 aromatic heterocycles. The Morgan fingerprint density at radius 1 is 1.00 bits per heavy atom. The first kappa shape index (κ1) is 17.9. The lowest BCUT2D eigenvalue weighted by Gasteiger charge is -2.08. The van der Waals surface area contributed by atoms with Gasteiger partial charge in [0.1, 0.15) is 11.5 Å². The first-order valence-corrected chi connectivity index (χ1v) is 8.58. The van der Waals surface area contributed by atoms with Crippen LogP contribution in [0.3, 0.4) is 0 Å². The third-order valence-electron chi connectivity index (χ3n) is 4.04. The number of hydrogen-bond acceptors (Lipinski definition) is 4. The fourth-order valence-electron chi connectivity index (χ4n) is 2.35. The number of carbonyl (C=O) groups excluding carboxylic acids is 1. The molecule has 6 heteroatoms. The van der Waals surface area contributed by atoms with Crippen molar-refractivity contribution in [2.75, 3.05) is 10.6 Å². The summed E-state index contributed by atoms with van der Waals surface area (Å²) in [6.07, 6.45) is 3.01. The number of halogens is 1. The fourth-order valence-corrected chi connectivity index (χ4v) is 2.47. The Labute approximate surface area is 157 Å². The lowest BCUT2D eigenvalue weighted by Crippen LogP contribution is -2.14. The zero-order valence-corrected chi connectivity index (χ0v) is 15.3. The summed E-state index contributed by atoms with van der Waals surface area (Å²) in [5.41, 5.74) is 4.38.